The van der Waals surface area contributed by atoms with Crippen LogP contribution in [-0.4, -0.2) is 24.2 Å². The first-order valence-corrected chi connectivity index (χ1v) is 7.06. The Morgan fingerprint density at radius 2 is 1.57 bits per heavy atom. The second-order valence-corrected chi connectivity index (χ2v) is 5.05. The molecule has 0 spiro atoms. The summed E-state index contributed by atoms with van der Waals surface area (Å²) in [6.45, 7) is 0. The number of aromatic carboxylic acids is 1. The number of carboxylic acid groups (broad SMARTS) is 1. The van der Waals surface area contributed by atoms with Gasteiger partial charge in [-0.1, -0.05) is 54.6 Å². The molecule has 0 aliphatic rings. The van der Waals surface area contributed by atoms with Crippen LogP contribution in [0, 0.1) is 0 Å². The number of ether oxygens (including phenoxy) is 1. The average molecular weight is 306 g/mol. The van der Waals surface area contributed by atoms with E-state index in [9.17, 15) is 14.7 Å². The molecule has 0 bridgehead atoms. The van der Waals surface area contributed by atoms with Gasteiger partial charge in [-0.15, -0.1) is 0 Å². The van der Waals surface area contributed by atoms with Gasteiger partial charge >= 0.3 is 11.9 Å². The van der Waals surface area contributed by atoms with Gasteiger partial charge in [0.15, 0.2) is 0 Å². The summed E-state index contributed by atoms with van der Waals surface area (Å²) in [5, 5.41) is 11.2. The Hall–Kier alpha value is -3.14. The first kappa shape index (κ1) is 14.8. The Bertz CT molecular complexity index is 912. The highest BCUT2D eigenvalue weighted by atomic mass is 16.5. The van der Waals surface area contributed by atoms with Crippen molar-refractivity contribution < 1.29 is 19.4 Å². The number of carbonyl (C=O) groups excluding carboxylic acids is 1. The van der Waals surface area contributed by atoms with Crippen LogP contribution in [0.4, 0.5) is 0 Å². The van der Waals surface area contributed by atoms with Crippen molar-refractivity contribution in [1.29, 1.82) is 0 Å². The number of hydrogen-bond acceptors (Lipinski definition) is 3. The number of carboxylic acids is 1. The summed E-state index contributed by atoms with van der Waals surface area (Å²) in [5.41, 5.74) is 1.56. The van der Waals surface area contributed by atoms with Crippen molar-refractivity contribution in [2.45, 2.75) is 0 Å². The van der Waals surface area contributed by atoms with Crippen LogP contribution in [0.1, 0.15) is 20.7 Å². The van der Waals surface area contributed by atoms with E-state index in [4.69, 9.17) is 4.74 Å². The highest BCUT2D eigenvalue weighted by molar-refractivity contribution is 6.11. The minimum atomic E-state index is -1.03. The Morgan fingerprint density at radius 3 is 2.30 bits per heavy atom. The van der Waals surface area contributed by atoms with Gasteiger partial charge in [-0.2, -0.15) is 0 Å². The van der Waals surface area contributed by atoms with Gasteiger partial charge in [-0.25, -0.2) is 9.59 Å². The van der Waals surface area contributed by atoms with Crippen molar-refractivity contribution >= 4 is 22.7 Å². The third kappa shape index (κ3) is 2.55. The number of fused-ring (bicyclic) bond motifs is 1. The van der Waals surface area contributed by atoms with Crippen molar-refractivity contribution in [2.75, 3.05) is 7.11 Å². The monoisotopic (exact) mass is 306 g/mol. The topological polar surface area (TPSA) is 63.6 Å². The molecule has 0 atom stereocenters. The van der Waals surface area contributed by atoms with Gasteiger partial charge in [0.25, 0.3) is 0 Å². The normalized spacial score (nSPS) is 10.5. The predicted octanol–water partition coefficient (Wildman–Crippen LogP) is 3.99. The van der Waals surface area contributed by atoms with E-state index in [0.717, 1.165) is 5.39 Å². The number of rotatable bonds is 3. The van der Waals surface area contributed by atoms with Crippen LogP contribution in [-0.2, 0) is 4.74 Å². The molecule has 0 fully saturated rings. The number of benzene rings is 3. The lowest BCUT2D eigenvalue weighted by Gasteiger charge is -2.13. The Kier molecular flexibility index (Phi) is 3.81. The molecule has 0 saturated carbocycles. The van der Waals surface area contributed by atoms with E-state index in [2.05, 4.69) is 0 Å². The largest absolute Gasteiger partial charge is 0.478 e. The second kappa shape index (κ2) is 5.93. The molecule has 0 aliphatic heterocycles. The van der Waals surface area contributed by atoms with E-state index in [1.54, 1.807) is 42.5 Å². The minimum Gasteiger partial charge on any atom is -0.478 e. The molecule has 0 aliphatic carbocycles. The number of methoxy groups -OCH3 is 1. The van der Waals surface area contributed by atoms with Crippen LogP contribution in [0.15, 0.2) is 60.7 Å². The van der Waals surface area contributed by atoms with Crippen LogP contribution in [0.5, 0.6) is 0 Å². The maximum absolute atomic E-state index is 12.0. The molecule has 0 radical (unpaired) electrons. The van der Waals surface area contributed by atoms with Crippen LogP contribution in [0.3, 0.4) is 0 Å². The van der Waals surface area contributed by atoms with E-state index in [1.807, 2.05) is 18.2 Å². The Morgan fingerprint density at radius 1 is 0.870 bits per heavy atom. The summed E-state index contributed by atoms with van der Waals surface area (Å²) in [7, 11) is 1.30. The zero-order valence-corrected chi connectivity index (χ0v) is 12.4. The zero-order valence-electron chi connectivity index (χ0n) is 12.4. The summed E-state index contributed by atoms with van der Waals surface area (Å²) in [5.74, 6) is -1.53. The lowest BCUT2D eigenvalue weighted by Crippen LogP contribution is -2.06. The van der Waals surface area contributed by atoms with E-state index < -0.39 is 11.9 Å². The van der Waals surface area contributed by atoms with Gasteiger partial charge in [0.05, 0.1) is 18.2 Å². The molecule has 0 amide bonds. The standard InChI is InChI=1S/C19H14O4/c1-23-19(22)16-9-5-4-8-14(16)15-11-10-12-6-2-3-7-13(12)17(15)18(20)21/h2-11H,1H3,(H,20,21). The summed E-state index contributed by atoms with van der Waals surface area (Å²) in [4.78, 5) is 23.8. The number of hydrogen-bond donors (Lipinski definition) is 1. The van der Waals surface area contributed by atoms with Crippen molar-refractivity contribution in [3.05, 3.63) is 71.8 Å². The van der Waals surface area contributed by atoms with Gasteiger partial charge in [0.1, 0.15) is 0 Å². The van der Waals surface area contributed by atoms with Gasteiger partial charge < -0.3 is 9.84 Å². The maximum Gasteiger partial charge on any atom is 0.338 e. The molecule has 0 unspecified atom stereocenters. The SMILES string of the molecule is COC(=O)c1ccccc1-c1ccc2ccccc2c1C(=O)O. The van der Waals surface area contributed by atoms with E-state index >= 15 is 0 Å². The molecule has 4 nitrogen and oxygen atoms in total. The fraction of sp³-hybridized carbons (Fsp3) is 0.0526. The van der Waals surface area contributed by atoms with Crippen molar-refractivity contribution in [3.8, 4) is 11.1 Å². The van der Waals surface area contributed by atoms with E-state index in [1.165, 1.54) is 7.11 Å². The lowest BCUT2D eigenvalue weighted by atomic mass is 9.91. The highest BCUT2D eigenvalue weighted by Gasteiger charge is 2.20. The van der Waals surface area contributed by atoms with Gasteiger partial charge in [0, 0.05) is 0 Å². The third-order valence-electron chi connectivity index (χ3n) is 3.77. The maximum atomic E-state index is 12.0. The van der Waals surface area contributed by atoms with Crippen LogP contribution >= 0.6 is 0 Å². The molecule has 4 heteroatoms. The third-order valence-corrected chi connectivity index (χ3v) is 3.77. The quantitative estimate of drug-likeness (QED) is 0.743. The molecule has 3 aromatic carbocycles. The fourth-order valence-electron chi connectivity index (χ4n) is 2.73. The molecule has 3 aromatic rings. The number of esters is 1. The molecule has 0 heterocycles. The minimum absolute atomic E-state index is 0.180. The molecule has 0 aromatic heterocycles. The second-order valence-electron chi connectivity index (χ2n) is 5.05. The van der Waals surface area contributed by atoms with Gasteiger partial charge in [-0.05, 0) is 28.0 Å². The number of carbonyl (C=O) groups is 2. The van der Waals surface area contributed by atoms with E-state index in [-0.39, 0.29) is 5.56 Å². The smallest absolute Gasteiger partial charge is 0.338 e. The molecule has 114 valence electrons. The molecule has 1 N–H and O–H groups in total. The Balaban J connectivity index is 2.36. The van der Waals surface area contributed by atoms with Crippen LogP contribution in [0.2, 0.25) is 0 Å². The first-order chi connectivity index (χ1) is 11.1. The van der Waals surface area contributed by atoms with Crippen molar-refractivity contribution in [1.82, 2.24) is 0 Å². The highest BCUT2D eigenvalue weighted by Crippen LogP contribution is 2.32. The zero-order chi connectivity index (χ0) is 16.4. The van der Waals surface area contributed by atoms with Crippen molar-refractivity contribution in [3.63, 3.8) is 0 Å². The Labute approximate surface area is 132 Å². The average Bonchev–Trinajstić information content (AvgIpc) is 2.59. The summed E-state index contributed by atoms with van der Waals surface area (Å²) in [6, 6.07) is 17.7. The molecule has 23 heavy (non-hydrogen) atoms. The van der Waals surface area contributed by atoms with Gasteiger partial charge in [-0.3, -0.25) is 0 Å². The first-order valence-electron chi connectivity index (χ1n) is 7.06. The van der Waals surface area contributed by atoms with Crippen LogP contribution < -0.4 is 0 Å². The predicted molar refractivity (Wildman–Crippen MR) is 87.7 cm³/mol. The summed E-state index contributed by atoms with van der Waals surface area (Å²) in [6.07, 6.45) is 0. The molecule has 3 rings (SSSR count). The molecular weight excluding hydrogens is 292 g/mol. The molecule has 0 saturated heterocycles. The molecular formula is C19H14O4. The summed E-state index contributed by atoms with van der Waals surface area (Å²) >= 11 is 0. The van der Waals surface area contributed by atoms with E-state index in [0.29, 0.717) is 22.1 Å². The summed E-state index contributed by atoms with van der Waals surface area (Å²) < 4.78 is 4.80. The lowest BCUT2D eigenvalue weighted by molar-refractivity contribution is 0.0600. The van der Waals surface area contributed by atoms with Crippen LogP contribution in [0.25, 0.3) is 21.9 Å². The van der Waals surface area contributed by atoms with Crippen molar-refractivity contribution in [2.24, 2.45) is 0 Å². The van der Waals surface area contributed by atoms with Gasteiger partial charge in [0.2, 0.25) is 0 Å². The fourth-order valence-corrected chi connectivity index (χ4v) is 2.73.